The zero-order valence-electron chi connectivity index (χ0n) is 11.8. The van der Waals surface area contributed by atoms with Gasteiger partial charge in [-0.25, -0.2) is 4.79 Å². The van der Waals surface area contributed by atoms with Crippen molar-refractivity contribution in [2.45, 2.75) is 45.2 Å². The van der Waals surface area contributed by atoms with Gasteiger partial charge in [0.25, 0.3) is 5.95 Å². The van der Waals surface area contributed by atoms with Crippen LogP contribution in [0.3, 0.4) is 0 Å². The van der Waals surface area contributed by atoms with Gasteiger partial charge in [-0.15, -0.1) is 5.10 Å². The first kappa shape index (κ1) is 13.3. The van der Waals surface area contributed by atoms with E-state index in [-0.39, 0.29) is 29.5 Å². The molecule has 1 aliphatic carbocycles. The van der Waals surface area contributed by atoms with E-state index in [4.69, 9.17) is 4.74 Å². The molecule has 1 aromatic heterocycles. The van der Waals surface area contributed by atoms with E-state index in [0.29, 0.717) is 0 Å². The van der Waals surface area contributed by atoms with Gasteiger partial charge in [-0.2, -0.15) is 4.80 Å². The molecular formula is C12H20N6O2. The second kappa shape index (κ2) is 5.01. The lowest BCUT2D eigenvalue weighted by Gasteiger charge is -2.22. The van der Waals surface area contributed by atoms with Crippen molar-refractivity contribution in [2.24, 2.45) is 5.41 Å². The molecule has 0 aromatic carbocycles. The van der Waals surface area contributed by atoms with Gasteiger partial charge in [-0.05, 0) is 43.7 Å². The molecular weight excluding hydrogens is 260 g/mol. The highest BCUT2D eigenvalue weighted by atomic mass is 16.5. The molecule has 8 nitrogen and oxygen atoms in total. The molecule has 1 saturated heterocycles. The number of ether oxygens (including phenoxy) is 1. The van der Waals surface area contributed by atoms with Gasteiger partial charge in [0.05, 0.1) is 6.04 Å². The zero-order chi connectivity index (χ0) is 14.2. The SMILES string of the molecule is CC(C)n1nnc(NC(=O)NC2CC23CCOCC3)n1. The maximum Gasteiger partial charge on any atom is 0.321 e. The van der Waals surface area contributed by atoms with E-state index in [1.807, 2.05) is 13.8 Å². The number of anilines is 1. The van der Waals surface area contributed by atoms with Gasteiger partial charge in [0.15, 0.2) is 0 Å². The van der Waals surface area contributed by atoms with E-state index in [2.05, 4.69) is 26.0 Å². The number of nitrogens with one attached hydrogen (secondary N) is 2. The molecule has 2 amide bonds. The fourth-order valence-corrected chi connectivity index (χ4v) is 2.67. The largest absolute Gasteiger partial charge is 0.381 e. The quantitative estimate of drug-likeness (QED) is 0.859. The van der Waals surface area contributed by atoms with Crippen molar-refractivity contribution in [2.75, 3.05) is 18.5 Å². The first-order valence-corrected chi connectivity index (χ1v) is 7.04. The van der Waals surface area contributed by atoms with Gasteiger partial charge < -0.3 is 10.1 Å². The normalized spacial score (nSPS) is 23.9. The Labute approximate surface area is 117 Å². The molecule has 1 aromatic rings. The maximum absolute atomic E-state index is 11.9. The highest BCUT2D eigenvalue weighted by Gasteiger charge is 2.55. The lowest BCUT2D eigenvalue weighted by atomic mass is 9.96. The summed E-state index contributed by atoms with van der Waals surface area (Å²) in [7, 11) is 0. The number of carbonyl (C=O) groups is 1. The van der Waals surface area contributed by atoms with Crippen LogP contribution in [0, 0.1) is 5.41 Å². The molecule has 1 unspecified atom stereocenters. The Bertz CT molecular complexity index is 494. The van der Waals surface area contributed by atoms with Crippen LogP contribution < -0.4 is 10.6 Å². The molecule has 1 spiro atoms. The molecule has 2 heterocycles. The van der Waals surface area contributed by atoms with Crippen LogP contribution in [-0.2, 0) is 4.74 Å². The molecule has 1 atom stereocenters. The van der Waals surface area contributed by atoms with Crippen molar-refractivity contribution in [3.8, 4) is 0 Å². The smallest absolute Gasteiger partial charge is 0.321 e. The van der Waals surface area contributed by atoms with E-state index in [0.717, 1.165) is 32.5 Å². The number of nitrogens with zero attached hydrogens (tertiary/aromatic N) is 4. The predicted molar refractivity (Wildman–Crippen MR) is 71.2 cm³/mol. The number of rotatable bonds is 3. The summed E-state index contributed by atoms with van der Waals surface area (Å²) < 4.78 is 5.36. The highest BCUT2D eigenvalue weighted by molar-refractivity contribution is 5.87. The topological polar surface area (TPSA) is 94.0 Å². The Balaban J connectivity index is 1.50. The van der Waals surface area contributed by atoms with E-state index < -0.39 is 0 Å². The molecule has 2 fully saturated rings. The van der Waals surface area contributed by atoms with Gasteiger partial charge >= 0.3 is 6.03 Å². The number of tetrazole rings is 1. The first-order chi connectivity index (χ1) is 9.59. The van der Waals surface area contributed by atoms with Gasteiger partial charge in [0.1, 0.15) is 0 Å². The van der Waals surface area contributed by atoms with E-state index >= 15 is 0 Å². The van der Waals surface area contributed by atoms with Crippen molar-refractivity contribution in [1.82, 2.24) is 25.5 Å². The van der Waals surface area contributed by atoms with Crippen LogP contribution in [0.15, 0.2) is 0 Å². The summed E-state index contributed by atoms with van der Waals surface area (Å²) in [5.74, 6) is 0.234. The van der Waals surface area contributed by atoms with E-state index in [1.165, 1.54) is 4.80 Å². The summed E-state index contributed by atoms with van der Waals surface area (Å²) in [4.78, 5) is 13.4. The Morgan fingerprint density at radius 3 is 2.85 bits per heavy atom. The second-order valence-electron chi connectivity index (χ2n) is 5.86. The zero-order valence-corrected chi connectivity index (χ0v) is 11.8. The maximum atomic E-state index is 11.9. The van der Waals surface area contributed by atoms with Gasteiger partial charge in [0, 0.05) is 19.3 Å². The molecule has 20 heavy (non-hydrogen) atoms. The monoisotopic (exact) mass is 280 g/mol. The average Bonchev–Trinajstić information content (AvgIpc) is 2.87. The van der Waals surface area contributed by atoms with Crippen molar-refractivity contribution in [3.63, 3.8) is 0 Å². The van der Waals surface area contributed by atoms with Gasteiger partial charge in [0.2, 0.25) is 0 Å². The number of carbonyl (C=O) groups excluding carboxylic acids is 1. The van der Waals surface area contributed by atoms with Crippen LogP contribution in [0.25, 0.3) is 0 Å². The third kappa shape index (κ3) is 2.60. The second-order valence-corrected chi connectivity index (χ2v) is 5.86. The summed E-state index contributed by atoms with van der Waals surface area (Å²) in [6, 6.07) is 0.100. The van der Waals surface area contributed by atoms with Crippen molar-refractivity contribution in [1.29, 1.82) is 0 Å². The van der Waals surface area contributed by atoms with Crippen LogP contribution in [0.2, 0.25) is 0 Å². The minimum Gasteiger partial charge on any atom is -0.381 e. The van der Waals surface area contributed by atoms with Gasteiger partial charge in [-0.3, -0.25) is 5.32 Å². The van der Waals surface area contributed by atoms with Crippen LogP contribution in [0.1, 0.15) is 39.2 Å². The summed E-state index contributed by atoms with van der Waals surface area (Å²) >= 11 is 0. The molecule has 1 saturated carbocycles. The molecule has 3 rings (SSSR count). The van der Waals surface area contributed by atoms with Crippen LogP contribution in [0.4, 0.5) is 10.7 Å². The van der Waals surface area contributed by atoms with Gasteiger partial charge in [-0.1, -0.05) is 5.10 Å². The molecule has 0 bridgehead atoms. The Hall–Kier alpha value is -1.70. The lowest BCUT2D eigenvalue weighted by Crippen LogP contribution is -2.35. The van der Waals surface area contributed by atoms with Crippen LogP contribution >= 0.6 is 0 Å². The van der Waals surface area contributed by atoms with Crippen molar-refractivity contribution < 1.29 is 9.53 Å². The number of amides is 2. The standard InChI is InChI=1S/C12H20N6O2/c1-8(2)18-16-10(15-17-18)14-11(19)13-9-7-12(9)3-5-20-6-4-12/h8-9H,3-7H2,1-2H3,(H2,13,14,16,19). The molecule has 1 aliphatic heterocycles. The van der Waals surface area contributed by atoms with Crippen LogP contribution in [0.5, 0.6) is 0 Å². The van der Waals surface area contributed by atoms with E-state index in [9.17, 15) is 4.79 Å². The minimum atomic E-state index is -0.262. The number of hydrogen-bond donors (Lipinski definition) is 2. The minimum absolute atomic E-state index is 0.120. The number of urea groups is 1. The predicted octanol–water partition coefficient (Wildman–Crippen LogP) is 0.945. The summed E-state index contributed by atoms with van der Waals surface area (Å²) in [5, 5.41) is 17.3. The molecule has 0 radical (unpaired) electrons. The number of aromatic nitrogens is 4. The molecule has 2 aliphatic rings. The fourth-order valence-electron chi connectivity index (χ4n) is 2.67. The van der Waals surface area contributed by atoms with E-state index in [1.54, 1.807) is 0 Å². The first-order valence-electron chi connectivity index (χ1n) is 7.04. The summed E-state index contributed by atoms with van der Waals surface area (Å²) in [6.07, 6.45) is 3.09. The third-order valence-corrected chi connectivity index (χ3v) is 4.10. The Morgan fingerprint density at radius 2 is 2.20 bits per heavy atom. The summed E-state index contributed by atoms with van der Waals surface area (Å²) in [6.45, 7) is 5.49. The average molecular weight is 280 g/mol. The fraction of sp³-hybridized carbons (Fsp3) is 0.833. The van der Waals surface area contributed by atoms with Crippen molar-refractivity contribution in [3.05, 3.63) is 0 Å². The van der Waals surface area contributed by atoms with Crippen molar-refractivity contribution >= 4 is 12.0 Å². The Kier molecular flexibility index (Phi) is 3.33. The lowest BCUT2D eigenvalue weighted by molar-refractivity contribution is 0.0548. The Morgan fingerprint density at radius 1 is 1.45 bits per heavy atom. The number of hydrogen-bond acceptors (Lipinski definition) is 5. The summed E-state index contributed by atoms with van der Waals surface area (Å²) in [5.41, 5.74) is 0.262. The third-order valence-electron chi connectivity index (χ3n) is 4.10. The molecule has 110 valence electrons. The molecule has 2 N–H and O–H groups in total. The van der Waals surface area contributed by atoms with Crippen LogP contribution in [-0.4, -0.2) is 45.5 Å². The highest BCUT2D eigenvalue weighted by Crippen LogP contribution is 2.53. The molecule has 8 heteroatoms.